The molecule has 2 fully saturated rings. The molecule has 0 saturated carbocycles. The van der Waals surface area contributed by atoms with Gasteiger partial charge in [0.05, 0.1) is 57.6 Å². The quantitative estimate of drug-likeness (QED) is 0.0132. The van der Waals surface area contributed by atoms with Crippen LogP contribution in [0.1, 0.15) is 78.1 Å². The van der Waals surface area contributed by atoms with Crippen molar-refractivity contribution >= 4 is 29.2 Å². The predicted octanol–water partition coefficient (Wildman–Crippen LogP) is 11.6. The maximum Gasteiger partial charge on any atom is 0.343 e. The molecular weight excluding hydrogens is 848 g/mol. The van der Waals surface area contributed by atoms with Crippen LogP contribution in [0.3, 0.4) is 0 Å². The van der Waals surface area contributed by atoms with E-state index in [9.17, 15) is 4.79 Å². The fraction of sp³-hybridized carbons (Fsp3) is 0.339. The Morgan fingerprint density at radius 2 is 1.42 bits per heavy atom. The van der Waals surface area contributed by atoms with Crippen molar-refractivity contribution in [3.8, 4) is 28.4 Å². The highest BCUT2D eigenvalue weighted by atomic mass is 19.1. The first kappa shape index (κ1) is 47.3. The molecule has 2 aliphatic heterocycles. The molecule has 2 heterocycles. The van der Waals surface area contributed by atoms with Crippen LogP contribution in [0.2, 0.25) is 0 Å². The van der Waals surface area contributed by atoms with Crippen molar-refractivity contribution < 1.29 is 42.3 Å². The first-order chi connectivity index (χ1) is 32.9. The maximum absolute atomic E-state index is 15.6. The van der Waals surface area contributed by atoms with Crippen molar-refractivity contribution in [1.29, 1.82) is 0 Å². The Morgan fingerprint density at radius 1 is 0.716 bits per heavy atom. The maximum atomic E-state index is 15.6. The summed E-state index contributed by atoms with van der Waals surface area (Å²) in [5.74, 6) is -0.0153. The van der Waals surface area contributed by atoms with E-state index < -0.39 is 11.8 Å². The first-order valence-electron chi connectivity index (χ1n) is 23.5. The number of carbonyl (C=O) groups excluding carboxylic acids is 1. The molecule has 10 nitrogen and oxygen atoms in total. The lowest BCUT2D eigenvalue weighted by Gasteiger charge is -2.40. The Hall–Kier alpha value is -6.24. The van der Waals surface area contributed by atoms with E-state index >= 15 is 4.39 Å². The molecule has 11 heteroatoms. The summed E-state index contributed by atoms with van der Waals surface area (Å²) in [5, 5.41) is 11.1. The van der Waals surface area contributed by atoms with E-state index in [0.717, 1.165) is 110 Å². The molecule has 67 heavy (non-hydrogen) atoms. The summed E-state index contributed by atoms with van der Waals surface area (Å²) in [6.45, 7) is 7.81. The van der Waals surface area contributed by atoms with Crippen LogP contribution in [0.5, 0.6) is 17.2 Å². The number of ether oxygens (including phenoxy) is 7. The summed E-state index contributed by atoms with van der Waals surface area (Å²) in [6, 6.07) is 39.8. The summed E-state index contributed by atoms with van der Waals surface area (Å²) in [7, 11) is 0. The average Bonchev–Trinajstić information content (AvgIpc) is 4.18. The zero-order chi connectivity index (χ0) is 46.1. The molecule has 0 N–H and O–H groups in total. The largest absolute Gasteiger partial charge is 0.494 e. The number of rotatable bonds is 26. The number of aryl methyl sites for hydroxylation is 2. The topological polar surface area (TPSA) is 110 Å². The molecule has 2 saturated heterocycles. The standard InChI is InChI=1S/C56H59FN2O8/c1-2-56(39-62-40-56)38-61-28-7-3-4-8-29-63-50-23-14-41(15-24-50)12-16-44-18-19-47(33-49(44)36-59-58-35-42-13-17-43-10-5-6-11-46(43)32-42)48-22-27-53(52(57)34-48)67-55(60)45-20-25-51(26-21-45)64-30-9-31-65-54-37-66-54/h5-6,10-11,13-15,17-27,32-36,54H,2-4,7-9,12,16,28-31,37-40H2,1H3/b58-35+,59-36+. The van der Waals surface area contributed by atoms with Gasteiger partial charge in [-0.1, -0.05) is 80.1 Å². The van der Waals surface area contributed by atoms with E-state index in [1.165, 1.54) is 17.7 Å². The van der Waals surface area contributed by atoms with Crippen molar-refractivity contribution in [2.45, 2.75) is 64.6 Å². The van der Waals surface area contributed by atoms with Crippen molar-refractivity contribution in [2.24, 2.45) is 15.6 Å². The molecule has 6 aromatic rings. The fourth-order valence-corrected chi connectivity index (χ4v) is 7.76. The van der Waals surface area contributed by atoms with Crippen molar-refractivity contribution in [3.63, 3.8) is 0 Å². The smallest absolute Gasteiger partial charge is 0.343 e. The minimum atomic E-state index is -0.672. The van der Waals surface area contributed by atoms with Crippen molar-refractivity contribution in [3.05, 3.63) is 161 Å². The second-order valence-corrected chi connectivity index (χ2v) is 17.2. The fourth-order valence-electron chi connectivity index (χ4n) is 7.76. The lowest BCUT2D eigenvalue weighted by atomic mass is 9.84. The molecule has 8 rings (SSSR count). The molecule has 0 amide bonds. The summed E-state index contributed by atoms with van der Waals surface area (Å²) in [4.78, 5) is 13.0. The van der Waals surface area contributed by atoms with Gasteiger partial charge in [0.25, 0.3) is 0 Å². The van der Waals surface area contributed by atoms with Gasteiger partial charge in [-0.05, 0) is 143 Å². The third-order valence-corrected chi connectivity index (χ3v) is 12.1. The number of carbonyl (C=O) groups is 1. The first-order valence-corrected chi connectivity index (χ1v) is 23.5. The molecule has 0 radical (unpaired) electrons. The van der Waals surface area contributed by atoms with E-state index in [2.05, 4.69) is 59.6 Å². The number of nitrogens with zero attached hydrogens (tertiary/aromatic N) is 2. The van der Waals surface area contributed by atoms with Crippen LogP contribution in [-0.4, -0.2) is 77.5 Å². The third-order valence-electron chi connectivity index (χ3n) is 12.1. The molecule has 2 aliphatic rings. The molecule has 0 aromatic heterocycles. The number of epoxide rings is 1. The van der Waals surface area contributed by atoms with E-state index in [4.69, 9.17) is 33.2 Å². The average molecular weight is 907 g/mol. The van der Waals surface area contributed by atoms with Crippen LogP contribution >= 0.6 is 0 Å². The lowest BCUT2D eigenvalue weighted by molar-refractivity contribution is -0.150. The summed E-state index contributed by atoms with van der Waals surface area (Å²) in [5.41, 5.74) is 5.99. The molecule has 1 atom stereocenters. The number of halogens is 1. The number of fused-ring (bicyclic) bond motifs is 1. The third kappa shape index (κ3) is 14.1. The van der Waals surface area contributed by atoms with E-state index in [1.54, 1.807) is 42.8 Å². The van der Waals surface area contributed by atoms with E-state index in [0.29, 0.717) is 44.2 Å². The van der Waals surface area contributed by atoms with E-state index in [1.807, 2.05) is 42.5 Å². The molecular formula is C56H59FN2O8. The number of hydrogen-bond acceptors (Lipinski definition) is 10. The molecule has 0 spiro atoms. The van der Waals surface area contributed by atoms with Crippen LogP contribution in [0.4, 0.5) is 4.39 Å². The number of hydrogen-bond donors (Lipinski definition) is 0. The Morgan fingerprint density at radius 3 is 2.15 bits per heavy atom. The van der Waals surface area contributed by atoms with Gasteiger partial charge in [-0.15, -0.1) is 0 Å². The molecule has 0 aliphatic carbocycles. The number of benzene rings is 6. The van der Waals surface area contributed by atoms with Gasteiger partial charge in [0, 0.05) is 18.4 Å². The summed E-state index contributed by atoms with van der Waals surface area (Å²) < 4.78 is 54.6. The van der Waals surface area contributed by atoms with Gasteiger partial charge in [0.1, 0.15) is 18.1 Å². The van der Waals surface area contributed by atoms with Gasteiger partial charge in [-0.25, -0.2) is 9.18 Å². The Bertz CT molecular complexity index is 2580. The summed E-state index contributed by atoms with van der Waals surface area (Å²) >= 11 is 0. The van der Waals surface area contributed by atoms with Gasteiger partial charge in [-0.3, -0.25) is 0 Å². The Balaban J connectivity index is 0.859. The number of unbranched alkanes of at least 4 members (excludes halogenated alkanes) is 3. The molecule has 348 valence electrons. The van der Waals surface area contributed by atoms with Crippen LogP contribution in [0.15, 0.2) is 138 Å². The monoisotopic (exact) mass is 906 g/mol. The highest BCUT2D eigenvalue weighted by molar-refractivity contribution is 5.92. The molecule has 0 bridgehead atoms. The van der Waals surface area contributed by atoms with Gasteiger partial charge < -0.3 is 33.2 Å². The minimum Gasteiger partial charge on any atom is -0.494 e. The van der Waals surface area contributed by atoms with Gasteiger partial charge >= 0.3 is 5.97 Å². The Kier molecular flexibility index (Phi) is 16.9. The normalized spacial score (nSPS) is 15.2. The minimum absolute atomic E-state index is 0.0777. The lowest BCUT2D eigenvalue weighted by Crippen LogP contribution is -2.45. The van der Waals surface area contributed by atoms with Gasteiger partial charge in [0.15, 0.2) is 17.9 Å². The van der Waals surface area contributed by atoms with Crippen molar-refractivity contribution in [2.75, 3.05) is 52.9 Å². The van der Waals surface area contributed by atoms with Crippen LogP contribution in [0.25, 0.3) is 21.9 Å². The highest BCUT2D eigenvalue weighted by Gasteiger charge is 2.36. The van der Waals surface area contributed by atoms with Crippen LogP contribution in [0, 0.1) is 11.2 Å². The highest BCUT2D eigenvalue weighted by Crippen LogP contribution is 2.32. The molecule has 1 unspecified atom stereocenters. The molecule has 6 aromatic carbocycles. The van der Waals surface area contributed by atoms with Crippen LogP contribution in [-0.2, 0) is 31.8 Å². The zero-order valence-electron chi connectivity index (χ0n) is 38.2. The predicted molar refractivity (Wildman–Crippen MR) is 260 cm³/mol. The second-order valence-electron chi connectivity index (χ2n) is 17.2. The number of esters is 1. The second kappa shape index (κ2) is 24.0. The van der Waals surface area contributed by atoms with Gasteiger partial charge in [-0.2, -0.15) is 10.2 Å². The zero-order valence-corrected chi connectivity index (χ0v) is 38.2. The summed E-state index contributed by atoms with van der Waals surface area (Å²) in [6.07, 6.45) is 11.1. The van der Waals surface area contributed by atoms with Crippen molar-refractivity contribution in [1.82, 2.24) is 0 Å². The Labute approximate surface area is 392 Å². The van der Waals surface area contributed by atoms with Crippen LogP contribution < -0.4 is 14.2 Å². The SMILES string of the molecule is CCC1(COCCCCCCOc2ccc(CCc3ccc(-c4ccc(OC(=O)c5ccc(OCCCOC6CO6)cc5)c(F)c4)cc3/C=N/N=C/c3ccc4ccccc4c3)cc2)COC1. The van der Waals surface area contributed by atoms with E-state index in [-0.39, 0.29) is 23.0 Å². The van der Waals surface area contributed by atoms with Gasteiger partial charge in [0.2, 0.25) is 0 Å².